The van der Waals surface area contributed by atoms with E-state index in [4.69, 9.17) is 0 Å². The van der Waals surface area contributed by atoms with E-state index in [0.29, 0.717) is 30.0 Å². The predicted molar refractivity (Wildman–Crippen MR) is 67.4 cm³/mol. The number of carbonyl (C=O) groups excluding carboxylic acids is 1. The Balaban J connectivity index is 2.20. The van der Waals surface area contributed by atoms with Crippen molar-refractivity contribution in [3.63, 3.8) is 0 Å². The molecule has 7 nitrogen and oxygen atoms in total. The lowest BCUT2D eigenvalue weighted by Gasteiger charge is -2.19. The third kappa shape index (κ3) is 2.64. The number of hydrogen-bond acceptors (Lipinski definition) is 5. The van der Waals surface area contributed by atoms with Gasteiger partial charge in [-0.15, -0.1) is 0 Å². The van der Waals surface area contributed by atoms with Gasteiger partial charge >= 0.3 is 0 Å². The first-order valence-electron chi connectivity index (χ1n) is 6.10. The molecule has 0 aromatic carbocycles. The molecule has 0 spiro atoms. The van der Waals surface area contributed by atoms with E-state index in [2.05, 4.69) is 20.0 Å². The van der Waals surface area contributed by atoms with Crippen molar-refractivity contribution in [2.45, 2.75) is 27.3 Å². The molecule has 0 aliphatic carbocycles. The van der Waals surface area contributed by atoms with Gasteiger partial charge in [0.15, 0.2) is 0 Å². The van der Waals surface area contributed by atoms with Gasteiger partial charge < -0.3 is 4.90 Å². The Kier molecular flexibility index (Phi) is 3.64. The minimum absolute atomic E-state index is 0.0597. The summed E-state index contributed by atoms with van der Waals surface area (Å²) in [6.45, 7) is 6.52. The molecule has 2 aromatic rings. The van der Waals surface area contributed by atoms with E-state index in [1.54, 1.807) is 29.7 Å². The fourth-order valence-corrected chi connectivity index (χ4v) is 1.88. The zero-order valence-electron chi connectivity index (χ0n) is 11.5. The molecule has 19 heavy (non-hydrogen) atoms. The molecule has 0 fully saturated rings. The summed E-state index contributed by atoms with van der Waals surface area (Å²) in [7, 11) is 1.80. The number of amides is 1. The first kappa shape index (κ1) is 13.3. The molecule has 0 unspecified atom stereocenters. The van der Waals surface area contributed by atoms with Crippen LogP contribution in [0.15, 0.2) is 10.8 Å². The lowest BCUT2D eigenvalue weighted by Crippen LogP contribution is -2.31. The standard InChI is InChI=1S/C12H17N5O2/c1-5-17(7-11-9(3)14-19-15-11)12(18)10-6-16(4)13-8(10)2/h6H,5,7H2,1-4H3. The molecule has 2 heterocycles. The number of rotatable bonds is 4. The molecule has 0 aliphatic heterocycles. The molecule has 0 aliphatic rings. The van der Waals surface area contributed by atoms with E-state index in [9.17, 15) is 4.79 Å². The summed E-state index contributed by atoms with van der Waals surface area (Å²) < 4.78 is 6.29. The van der Waals surface area contributed by atoms with Gasteiger partial charge in [0.1, 0.15) is 11.4 Å². The summed E-state index contributed by atoms with van der Waals surface area (Å²) in [6, 6.07) is 0. The largest absolute Gasteiger partial charge is 0.333 e. The number of nitrogens with zero attached hydrogens (tertiary/aromatic N) is 5. The van der Waals surface area contributed by atoms with Crippen molar-refractivity contribution in [3.05, 3.63) is 28.8 Å². The molecule has 2 rings (SSSR count). The van der Waals surface area contributed by atoms with Crippen LogP contribution in [-0.2, 0) is 13.6 Å². The normalized spacial score (nSPS) is 10.7. The van der Waals surface area contributed by atoms with Gasteiger partial charge in [-0.1, -0.05) is 10.3 Å². The molecule has 0 saturated carbocycles. The van der Waals surface area contributed by atoms with Crippen molar-refractivity contribution in [1.29, 1.82) is 0 Å². The van der Waals surface area contributed by atoms with Crippen molar-refractivity contribution in [3.8, 4) is 0 Å². The minimum atomic E-state index is -0.0597. The monoisotopic (exact) mass is 263 g/mol. The zero-order chi connectivity index (χ0) is 14.0. The van der Waals surface area contributed by atoms with E-state index < -0.39 is 0 Å². The van der Waals surface area contributed by atoms with Crippen molar-refractivity contribution >= 4 is 5.91 Å². The maximum absolute atomic E-state index is 12.4. The van der Waals surface area contributed by atoms with E-state index in [1.807, 2.05) is 13.8 Å². The Bertz CT molecular complexity index is 587. The highest BCUT2D eigenvalue weighted by molar-refractivity contribution is 5.95. The summed E-state index contributed by atoms with van der Waals surface area (Å²) in [5, 5.41) is 11.7. The molecule has 0 bridgehead atoms. The average Bonchev–Trinajstić information content (AvgIpc) is 2.91. The highest BCUT2D eigenvalue weighted by Crippen LogP contribution is 2.12. The van der Waals surface area contributed by atoms with Crippen molar-refractivity contribution in [2.24, 2.45) is 7.05 Å². The molecule has 1 amide bonds. The van der Waals surface area contributed by atoms with Crippen LogP contribution in [0.3, 0.4) is 0 Å². The topological polar surface area (TPSA) is 77.0 Å². The Labute approximate surface area is 111 Å². The minimum Gasteiger partial charge on any atom is -0.333 e. The summed E-state index contributed by atoms with van der Waals surface area (Å²) in [5.74, 6) is -0.0597. The van der Waals surface area contributed by atoms with Crippen LogP contribution in [-0.4, -0.2) is 37.4 Å². The first-order valence-corrected chi connectivity index (χ1v) is 6.10. The van der Waals surface area contributed by atoms with Gasteiger partial charge in [0.2, 0.25) is 0 Å². The fourth-order valence-electron chi connectivity index (χ4n) is 1.88. The molecule has 2 aromatic heterocycles. The molecule has 0 radical (unpaired) electrons. The second-order valence-electron chi connectivity index (χ2n) is 4.42. The van der Waals surface area contributed by atoms with Gasteiger partial charge in [0, 0.05) is 19.8 Å². The third-order valence-electron chi connectivity index (χ3n) is 3.00. The summed E-state index contributed by atoms with van der Waals surface area (Å²) >= 11 is 0. The van der Waals surface area contributed by atoms with E-state index in [-0.39, 0.29) is 5.91 Å². The Morgan fingerprint density at radius 2 is 2.11 bits per heavy atom. The van der Waals surface area contributed by atoms with Crippen LogP contribution in [0.1, 0.15) is 34.4 Å². The maximum atomic E-state index is 12.4. The second-order valence-corrected chi connectivity index (χ2v) is 4.42. The van der Waals surface area contributed by atoms with E-state index in [1.165, 1.54) is 0 Å². The van der Waals surface area contributed by atoms with E-state index >= 15 is 0 Å². The van der Waals surface area contributed by atoms with Gasteiger partial charge in [0.25, 0.3) is 5.91 Å². The van der Waals surface area contributed by atoms with Gasteiger partial charge in [0.05, 0.1) is 17.8 Å². The van der Waals surface area contributed by atoms with Gasteiger partial charge in [-0.05, 0) is 20.8 Å². The number of carbonyl (C=O) groups is 1. The molecular formula is C12H17N5O2. The predicted octanol–water partition coefficient (Wildman–Crippen LogP) is 1.08. The van der Waals surface area contributed by atoms with Crippen LogP contribution in [0.2, 0.25) is 0 Å². The quantitative estimate of drug-likeness (QED) is 0.825. The van der Waals surface area contributed by atoms with Crippen molar-refractivity contribution < 1.29 is 9.42 Å². The molecule has 0 saturated heterocycles. The molecule has 0 N–H and O–H groups in total. The second kappa shape index (κ2) is 5.21. The van der Waals surface area contributed by atoms with Gasteiger partial charge in [-0.25, -0.2) is 4.63 Å². The number of aromatic nitrogens is 4. The molecule has 102 valence electrons. The molecule has 0 atom stereocenters. The highest BCUT2D eigenvalue weighted by atomic mass is 16.6. The number of hydrogen-bond donors (Lipinski definition) is 0. The van der Waals surface area contributed by atoms with Crippen LogP contribution in [0.4, 0.5) is 0 Å². The SMILES string of the molecule is CCN(Cc1nonc1C)C(=O)c1cn(C)nc1C. The lowest BCUT2D eigenvalue weighted by molar-refractivity contribution is 0.0748. The van der Waals surface area contributed by atoms with Crippen LogP contribution < -0.4 is 0 Å². The molecule has 7 heteroatoms. The van der Waals surface area contributed by atoms with Crippen LogP contribution in [0.25, 0.3) is 0 Å². The van der Waals surface area contributed by atoms with Crippen LogP contribution in [0.5, 0.6) is 0 Å². The average molecular weight is 263 g/mol. The Morgan fingerprint density at radius 3 is 2.58 bits per heavy atom. The highest BCUT2D eigenvalue weighted by Gasteiger charge is 2.20. The van der Waals surface area contributed by atoms with Crippen molar-refractivity contribution in [2.75, 3.05) is 6.54 Å². The summed E-state index contributed by atoms with van der Waals surface area (Å²) in [5.41, 5.74) is 2.71. The van der Waals surface area contributed by atoms with Gasteiger partial charge in [-0.2, -0.15) is 5.10 Å². The number of aryl methyl sites for hydroxylation is 3. The Morgan fingerprint density at radius 1 is 1.37 bits per heavy atom. The van der Waals surface area contributed by atoms with Crippen LogP contribution >= 0.6 is 0 Å². The Hall–Kier alpha value is -2.18. The van der Waals surface area contributed by atoms with Gasteiger partial charge in [-0.3, -0.25) is 9.48 Å². The maximum Gasteiger partial charge on any atom is 0.257 e. The van der Waals surface area contributed by atoms with Crippen LogP contribution in [0, 0.1) is 13.8 Å². The smallest absolute Gasteiger partial charge is 0.257 e. The third-order valence-corrected chi connectivity index (χ3v) is 3.00. The van der Waals surface area contributed by atoms with E-state index in [0.717, 1.165) is 5.69 Å². The van der Waals surface area contributed by atoms with Crippen molar-refractivity contribution in [1.82, 2.24) is 25.0 Å². The lowest BCUT2D eigenvalue weighted by atomic mass is 10.2. The summed E-state index contributed by atoms with van der Waals surface area (Å²) in [6.07, 6.45) is 1.73. The zero-order valence-corrected chi connectivity index (χ0v) is 11.5. The first-order chi connectivity index (χ1) is 9.02. The fraction of sp³-hybridized carbons (Fsp3) is 0.500. The molecular weight excluding hydrogens is 246 g/mol. The summed E-state index contributed by atoms with van der Waals surface area (Å²) in [4.78, 5) is 14.1.